The Bertz CT molecular complexity index is 940. The summed E-state index contributed by atoms with van der Waals surface area (Å²) in [5.74, 6) is -0.0869. The zero-order chi connectivity index (χ0) is 25.3. The van der Waals surface area contributed by atoms with Crippen molar-refractivity contribution in [1.29, 1.82) is 0 Å². The van der Waals surface area contributed by atoms with Gasteiger partial charge in [0.05, 0.1) is 10.8 Å². The lowest BCUT2D eigenvalue weighted by molar-refractivity contribution is -0.111. The number of carbonyl (C=O) groups excluding carboxylic acids is 1. The number of anilines is 1. The number of carbonyl (C=O) groups is 1. The van der Waals surface area contributed by atoms with Gasteiger partial charge >= 0.3 is 0 Å². The highest BCUT2D eigenvalue weighted by atomic mass is 32.2. The number of benzene rings is 2. The maximum atomic E-state index is 12.5. The maximum absolute atomic E-state index is 12.5. The molecular formula is C29H41NO4S. The molecule has 1 unspecified atom stereocenters. The molecule has 6 heteroatoms. The van der Waals surface area contributed by atoms with Gasteiger partial charge in [-0.1, -0.05) is 83.6 Å². The molecule has 1 amide bonds. The summed E-state index contributed by atoms with van der Waals surface area (Å²) in [5, 5.41) is 21.6. The van der Waals surface area contributed by atoms with Crippen molar-refractivity contribution in [2.75, 3.05) is 11.1 Å². The Hall–Kier alpha value is -2.60. The Labute approximate surface area is 213 Å². The molecule has 192 valence electrons. The highest BCUT2D eigenvalue weighted by Crippen LogP contribution is 2.25. The number of phenolic OH excluding ortho intramolecular Hbond substituents is 2. The highest BCUT2D eigenvalue weighted by Gasteiger charge is 2.05. The minimum atomic E-state index is -1.02. The van der Waals surface area contributed by atoms with E-state index in [-0.39, 0.29) is 17.4 Å². The van der Waals surface area contributed by atoms with E-state index in [1.54, 1.807) is 36.4 Å². The fourth-order valence-corrected chi connectivity index (χ4v) is 5.02. The van der Waals surface area contributed by atoms with Crippen LogP contribution in [-0.2, 0) is 15.6 Å². The lowest BCUT2D eigenvalue weighted by Crippen LogP contribution is -2.07. The summed E-state index contributed by atoms with van der Waals surface area (Å²) >= 11 is 0. The second-order valence-electron chi connectivity index (χ2n) is 9.03. The lowest BCUT2D eigenvalue weighted by Gasteiger charge is -2.06. The molecule has 0 aliphatic heterocycles. The van der Waals surface area contributed by atoms with Crippen LogP contribution in [-0.4, -0.2) is 26.1 Å². The summed E-state index contributed by atoms with van der Waals surface area (Å²) in [4.78, 5) is 12.9. The number of phenols is 2. The van der Waals surface area contributed by atoms with Crippen LogP contribution in [0.1, 0.15) is 89.5 Å². The second kappa shape index (κ2) is 16.9. The van der Waals surface area contributed by atoms with Crippen molar-refractivity contribution in [3.05, 3.63) is 54.1 Å². The molecule has 2 rings (SSSR count). The van der Waals surface area contributed by atoms with Gasteiger partial charge in [0.15, 0.2) is 11.5 Å². The molecule has 2 aromatic carbocycles. The van der Waals surface area contributed by atoms with Gasteiger partial charge < -0.3 is 15.5 Å². The van der Waals surface area contributed by atoms with Gasteiger partial charge in [-0.2, -0.15) is 0 Å². The first-order valence-electron chi connectivity index (χ1n) is 13.0. The van der Waals surface area contributed by atoms with E-state index in [1.807, 2.05) is 0 Å². The van der Waals surface area contributed by atoms with Crippen LogP contribution in [0.5, 0.6) is 11.5 Å². The second-order valence-corrected chi connectivity index (χ2v) is 10.6. The highest BCUT2D eigenvalue weighted by molar-refractivity contribution is 7.85. The predicted octanol–water partition coefficient (Wildman–Crippen LogP) is 7.56. The van der Waals surface area contributed by atoms with E-state index in [1.165, 1.54) is 82.4 Å². The molecular weight excluding hydrogens is 458 g/mol. The third-order valence-corrected chi connectivity index (χ3v) is 7.45. The van der Waals surface area contributed by atoms with Gasteiger partial charge in [0, 0.05) is 22.4 Å². The van der Waals surface area contributed by atoms with Crippen molar-refractivity contribution in [1.82, 2.24) is 0 Å². The number of nitrogens with one attached hydrogen (secondary N) is 1. The van der Waals surface area contributed by atoms with E-state index in [2.05, 4.69) is 12.2 Å². The summed E-state index contributed by atoms with van der Waals surface area (Å²) < 4.78 is 12.5. The molecule has 0 aliphatic rings. The van der Waals surface area contributed by atoms with Crippen molar-refractivity contribution in [2.45, 2.75) is 88.9 Å². The van der Waals surface area contributed by atoms with Crippen molar-refractivity contribution < 1.29 is 19.2 Å². The van der Waals surface area contributed by atoms with Gasteiger partial charge in [0.1, 0.15) is 0 Å². The normalized spacial score (nSPS) is 12.1. The molecule has 0 aromatic heterocycles. The minimum absolute atomic E-state index is 0.206. The summed E-state index contributed by atoms with van der Waals surface area (Å²) in [5.41, 5.74) is 1.22. The number of unbranched alkanes of at least 4 members (excludes halogenated alkanes) is 11. The molecule has 5 nitrogen and oxygen atoms in total. The Morgan fingerprint density at radius 1 is 0.800 bits per heavy atom. The first-order valence-corrected chi connectivity index (χ1v) is 14.3. The van der Waals surface area contributed by atoms with Crippen molar-refractivity contribution in [3.63, 3.8) is 0 Å². The van der Waals surface area contributed by atoms with Crippen LogP contribution in [0.2, 0.25) is 0 Å². The van der Waals surface area contributed by atoms with Gasteiger partial charge in [0.25, 0.3) is 0 Å². The van der Waals surface area contributed by atoms with Crippen LogP contribution in [0, 0.1) is 0 Å². The summed E-state index contributed by atoms with van der Waals surface area (Å²) in [6, 6.07) is 11.4. The first kappa shape index (κ1) is 28.6. The molecule has 0 radical (unpaired) electrons. The number of amides is 1. The largest absolute Gasteiger partial charge is 0.504 e. The van der Waals surface area contributed by atoms with E-state index in [0.717, 1.165) is 17.7 Å². The zero-order valence-electron chi connectivity index (χ0n) is 21.0. The number of hydrogen-bond donors (Lipinski definition) is 3. The van der Waals surface area contributed by atoms with Crippen LogP contribution >= 0.6 is 0 Å². The van der Waals surface area contributed by atoms with Crippen molar-refractivity contribution in [2.24, 2.45) is 0 Å². The van der Waals surface area contributed by atoms with Crippen molar-refractivity contribution in [3.8, 4) is 11.5 Å². The van der Waals surface area contributed by atoms with Gasteiger partial charge in [-0.25, -0.2) is 0 Å². The Morgan fingerprint density at radius 3 is 1.94 bits per heavy atom. The SMILES string of the molecule is CCCCCCCCCCCCCCS(=O)c1ccc(NC(=O)/C=C/c2ccc(O)c(O)c2)cc1. The topological polar surface area (TPSA) is 86.6 Å². The molecule has 0 aliphatic carbocycles. The van der Waals surface area contributed by atoms with Gasteiger partial charge in [-0.05, 0) is 54.5 Å². The zero-order valence-corrected chi connectivity index (χ0v) is 21.8. The fourth-order valence-electron chi connectivity index (χ4n) is 3.88. The average Bonchev–Trinajstić information content (AvgIpc) is 2.85. The third-order valence-electron chi connectivity index (χ3n) is 5.99. The van der Waals surface area contributed by atoms with Gasteiger partial charge in [-0.15, -0.1) is 0 Å². The number of rotatable bonds is 17. The average molecular weight is 500 g/mol. The molecule has 3 N–H and O–H groups in total. The van der Waals surface area contributed by atoms with Crippen LogP contribution in [0.3, 0.4) is 0 Å². The Morgan fingerprint density at radius 2 is 1.37 bits per heavy atom. The maximum Gasteiger partial charge on any atom is 0.248 e. The standard InChI is InChI=1S/C29H41NO4S/c1-2-3-4-5-6-7-8-9-10-11-12-13-22-35(34)26-18-16-25(17-19-26)30-29(33)21-15-24-14-20-27(31)28(32)23-24/h14-21,23,31-32H,2-13,22H2,1H3,(H,30,33)/b21-15+. The fraction of sp³-hybridized carbons (Fsp3) is 0.483. The Kier molecular flexibility index (Phi) is 13.9. The Balaban J connectivity index is 1.60. The quantitative estimate of drug-likeness (QED) is 0.119. The van der Waals surface area contributed by atoms with E-state index in [4.69, 9.17) is 0 Å². The molecule has 0 bridgehead atoms. The summed E-state index contributed by atoms with van der Waals surface area (Å²) in [7, 11) is -1.02. The van der Waals surface area contributed by atoms with Crippen LogP contribution in [0.4, 0.5) is 5.69 Å². The molecule has 0 saturated heterocycles. The smallest absolute Gasteiger partial charge is 0.248 e. The third kappa shape index (κ3) is 12.1. The molecule has 35 heavy (non-hydrogen) atoms. The van der Waals surface area contributed by atoms with E-state index >= 15 is 0 Å². The molecule has 0 saturated carbocycles. The molecule has 2 aromatic rings. The van der Waals surface area contributed by atoms with Gasteiger partial charge in [-0.3, -0.25) is 9.00 Å². The van der Waals surface area contributed by atoms with E-state index in [9.17, 15) is 19.2 Å². The van der Waals surface area contributed by atoms with E-state index < -0.39 is 10.8 Å². The predicted molar refractivity (Wildman–Crippen MR) is 146 cm³/mol. The number of hydrogen-bond acceptors (Lipinski definition) is 4. The van der Waals surface area contributed by atoms with Gasteiger partial charge in [0.2, 0.25) is 5.91 Å². The molecule has 0 heterocycles. The number of aromatic hydroxyl groups is 2. The molecule has 0 fully saturated rings. The molecule has 1 atom stereocenters. The van der Waals surface area contributed by atoms with Crippen LogP contribution in [0.15, 0.2) is 53.4 Å². The summed E-state index contributed by atoms with van der Waals surface area (Å²) in [6.07, 6.45) is 18.3. The van der Waals surface area contributed by atoms with Crippen LogP contribution in [0.25, 0.3) is 6.08 Å². The van der Waals surface area contributed by atoms with Crippen molar-refractivity contribution >= 4 is 28.5 Å². The summed E-state index contributed by atoms with van der Waals surface area (Å²) in [6.45, 7) is 2.25. The lowest BCUT2D eigenvalue weighted by atomic mass is 10.1. The monoisotopic (exact) mass is 499 g/mol. The first-order chi connectivity index (χ1) is 17.0. The minimum Gasteiger partial charge on any atom is -0.504 e. The van der Waals surface area contributed by atoms with E-state index in [0.29, 0.717) is 17.0 Å². The molecule has 0 spiro atoms. The van der Waals surface area contributed by atoms with Crippen LogP contribution < -0.4 is 5.32 Å².